The van der Waals surface area contributed by atoms with Crippen LogP contribution in [0.1, 0.15) is 56.6 Å². The van der Waals surface area contributed by atoms with E-state index in [0.717, 1.165) is 55.0 Å². The highest BCUT2D eigenvalue weighted by molar-refractivity contribution is 5.86. The SMILES string of the molecule is Cc1nc(N2C[C@H]3C[C@@H](C2)[C@H](CCC(C)C)n2c3cccc2=O)c2[nH]ccc2n1. The number of rotatable bonds is 4. The molecule has 2 aliphatic heterocycles. The molecule has 29 heavy (non-hydrogen) atoms. The average Bonchev–Trinajstić information content (AvgIpc) is 3.15. The third-order valence-corrected chi connectivity index (χ3v) is 6.64. The van der Waals surface area contributed by atoms with Crippen LogP contribution in [-0.2, 0) is 0 Å². The van der Waals surface area contributed by atoms with E-state index in [4.69, 9.17) is 4.98 Å². The van der Waals surface area contributed by atoms with Crippen molar-refractivity contribution in [1.29, 1.82) is 0 Å². The molecule has 1 fully saturated rings. The molecule has 5 heterocycles. The van der Waals surface area contributed by atoms with E-state index >= 15 is 0 Å². The first-order chi connectivity index (χ1) is 14.0. The highest BCUT2D eigenvalue weighted by Crippen LogP contribution is 2.44. The number of aryl methyl sites for hydroxylation is 1. The van der Waals surface area contributed by atoms with Crippen LogP contribution >= 0.6 is 0 Å². The predicted molar refractivity (Wildman–Crippen MR) is 115 cm³/mol. The minimum Gasteiger partial charge on any atom is -0.357 e. The molecule has 0 aliphatic carbocycles. The minimum absolute atomic E-state index is 0.157. The van der Waals surface area contributed by atoms with Crippen molar-refractivity contribution in [3.63, 3.8) is 0 Å². The second kappa shape index (κ2) is 7.01. The summed E-state index contributed by atoms with van der Waals surface area (Å²) in [6.45, 7) is 8.31. The number of aromatic amines is 1. The maximum atomic E-state index is 12.8. The number of pyridine rings is 1. The van der Waals surface area contributed by atoms with Crippen molar-refractivity contribution in [2.75, 3.05) is 18.0 Å². The standard InChI is InChI=1S/C23H29N5O/c1-14(2)7-8-20-17-11-16(19-5-4-6-21(29)28(19)20)12-27(13-17)23-22-18(9-10-24-22)25-15(3)26-23/h4-6,9-10,14,16-17,20,24H,7-8,11-13H2,1-3H3/t16-,17+,20+/m1/s1. The molecule has 0 amide bonds. The highest BCUT2D eigenvalue weighted by atomic mass is 16.1. The van der Waals surface area contributed by atoms with Gasteiger partial charge in [-0.3, -0.25) is 4.79 Å². The summed E-state index contributed by atoms with van der Waals surface area (Å²) in [5, 5.41) is 0. The fraction of sp³-hybridized carbons (Fsp3) is 0.522. The summed E-state index contributed by atoms with van der Waals surface area (Å²) in [5.41, 5.74) is 3.33. The third kappa shape index (κ3) is 3.15. The molecule has 152 valence electrons. The number of fused-ring (bicyclic) bond motifs is 5. The van der Waals surface area contributed by atoms with Gasteiger partial charge in [0.1, 0.15) is 11.3 Å². The second-order valence-corrected chi connectivity index (χ2v) is 9.13. The van der Waals surface area contributed by atoms with Gasteiger partial charge in [0.25, 0.3) is 5.56 Å². The summed E-state index contributed by atoms with van der Waals surface area (Å²) in [7, 11) is 0. The predicted octanol–water partition coefficient (Wildman–Crippen LogP) is 4.03. The summed E-state index contributed by atoms with van der Waals surface area (Å²) >= 11 is 0. The van der Waals surface area contributed by atoms with E-state index in [9.17, 15) is 4.79 Å². The summed E-state index contributed by atoms with van der Waals surface area (Å²) in [6.07, 6.45) is 5.29. The lowest BCUT2D eigenvalue weighted by Gasteiger charge is -2.47. The Morgan fingerprint density at radius 3 is 2.90 bits per heavy atom. The molecule has 1 saturated heterocycles. The summed E-state index contributed by atoms with van der Waals surface area (Å²) in [6, 6.07) is 8.08. The van der Waals surface area contributed by atoms with Crippen LogP contribution in [0, 0.1) is 18.8 Å². The number of piperidine rings is 1. The minimum atomic E-state index is 0.157. The summed E-state index contributed by atoms with van der Waals surface area (Å²) in [5.74, 6) is 3.26. The zero-order chi connectivity index (χ0) is 20.1. The van der Waals surface area contributed by atoms with E-state index in [2.05, 4.69) is 39.3 Å². The van der Waals surface area contributed by atoms with E-state index in [1.54, 1.807) is 6.07 Å². The molecule has 0 aromatic carbocycles. The molecule has 2 bridgehead atoms. The van der Waals surface area contributed by atoms with Crippen molar-refractivity contribution in [3.05, 3.63) is 52.3 Å². The molecule has 2 aliphatic rings. The largest absolute Gasteiger partial charge is 0.357 e. The Labute approximate surface area is 171 Å². The van der Waals surface area contributed by atoms with Gasteiger partial charge in [-0.25, -0.2) is 9.97 Å². The maximum absolute atomic E-state index is 12.8. The number of aromatic nitrogens is 4. The molecule has 5 rings (SSSR count). The second-order valence-electron chi connectivity index (χ2n) is 9.13. The van der Waals surface area contributed by atoms with Crippen LogP contribution in [0.5, 0.6) is 0 Å². The molecule has 3 atom stereocenters. The Kier molecular flexibility index (Phi) is 4.45. The fourth-order valence-electron chi connectivity index (χ4n) is 5.36. The van der Waals surface area contributed by atoms with Crippen LogP contribution < -0.4 is 10.5 Å². The number of hydrogen-bond donors (Lipinski definition) is 1. The van der Waals surface area contributed by atoms with Gasteiger partial charge in [-0.15, -0.1) is 0 Å². The number of nitrogens with zero attached hydrogens (tertiary/aromatic N) is 4. The average molecular weight is 392 g/mol. The third-order valence-electron chi connectivity index (χ3n) is 6.64. The molecule has 6 heteroatoms. The zero-order valence-electron chi connectivity index (χ0n) is 17.4. The monoisotopic (exact) mass is 391 g/mol. The van der Waals surface area contributed by atoms with E-state index in [1.807, 2.05) is 25.3 Å². The molecule has 6 nitrogen and oxygen atoms in total. The Balaban J connectivity index is 1.57. The highest BCUT2D eigenvalue weighted by Gasteiger charge is 2.41. The van der Waals surface area contributed by atoms with E-state index < -0.39 is 0 Å². The number of anilines is 1. The smallest absolute Gasteiger partial charge is 0.250 e. The normalized spacial score (nSPS) is 23.6. The van der Waals surface area contributed by atoms with Gasteiger partial charge in [0.05, 0.1) is 5.52 Å². The van der Waals surface area contributed by atoms with Gasteiger partial charge in [0.2, 0.25) is 0 Å². The van der Waals surface area contributed by atoms with Crippen molar-refractivity contribution in [2.24, 2.45) is 11.8 Å². The topological polar surface area (TPSA) is 66.8 Å². The summed E-state index contributed by atoms with van der Waals surface area (Å²) in [4.78, 5) is 27.9. The van der Waals surface area contributed by atoms with Crippen molar-refractivity contribution in [3.8, 4) is 0 Å². The lowest BCUT2D eigenvalue weighted by Crippen LogP contribution is -2.49. The molecule has 0 radical (unpaired) electrons. The first-order valence-electron chi connectivity index (χ1n) is 10.8. The van der Waals surface area contributed by atoms with E-state index in [0.29, 0.717) is 17.8 Å². The lowest BCUT2D eigenvalue weighted by atomic mass is 9.76. The molecular formula is C23H29N5O. The van der Waals surface area contributed by atoms with Gasteiger partial charge < -0.3 is 14.5 Å². The van der Waals surface area contributed by atoms with Crippen LogP contribution in [0.25, 0.3) is 11.0 Å². The molecular weight excluding hydrogens is 362 g/mol. The number of nitrogens with one attached hydrogen (secondary N) is 1. The van der Waals surface area contributed by atoms with Crippen molar-refractivity contribution in [2.45, 2.75) is 52.0 Å². The van der Waals surface area contributed by atoms with Gasteiger partial charge in [0, 0.05) is 43.0 Å². The van der Waals surface area contributed by atoms with Crippen molar-refractivity contribution >= 4 is 16.9 Å². The number of hydrogen-bond acceptors (Lipinski definition) is 4. The lowest BCUT2D eigenvalue weighted by molar-refractivity contribution is 0.195. The van der Waals surface area contributed by atoms with Crippen molar-refractivity contribution in [1.82, 2.24) is 19.5 Å². The van der Waals surface area contributed by atoms with Crippen LogP contribution in [0.4, 0.5) is 5.82 Å². The molecule has 0 spiro atoms. The van der Waals surface area contributed by atoms with E-state index in [1.165, 1.54) is 5.69 Å². The molecule has 0 saturated carbocycles. The van der Waals surface area contributed by atoms with Gasteiger partial charge in [-0.05, 0) is 50.2 Å². The fourth-order valence-corrected chi connectivity index (χ4v) is 5.36. The van der Waals surface area contributed by atoms with Gasteiger partial charge in [-0.2, -0.15) is 0 Å². The Bertz CT molecular complexity index is 1100. The van der Waals surface area contributed by atoms with Gasteiger partial charge in [0.15, 0.2) is 5.82 Å². The number of H-pyrrole nitrogens is 1. The van der Waals surface area contributed by atoms with Crippen molar-refractivity contribution < 1.29 is 0 Å². The molecule has 3 aromatic rings. The Morgan fingerprint density at radius 1 is 1.21 bits per heavy atom. The van der Waals surface area contributed by atoms with E-state index in [-0.39, 0.29) is 11.6 Å². The van der Waals surface area contributed by atoms with Gasteiger partial charge in [-0.1, -0.05) is 19.9 Å². The molecule has 3 aromatic heterocycles. The Morgan fingerprint density at radius 2 is 2.07 bits per heavy atom. The molecule has 1 N–H and O–H groups in total. The quantitative estimate of drug-likeness (QED) is 0.729. The van der Waals surface area contributed by atoms with Crippen LogP contribution in [0.15, 0.2) is 35.3 Å². The van der Waals surface area contributed by atoms with Crippen LogP contribution in [-0.4, -0.2) is 32.6 Å². The van der Waals surface area contributed by atoms with Crippen LogP contribution in [0.2, 0.25) is 0 Å². The van der Waals surface area contributed by atoms with Gasteiger partial charge >= 0.3 is 0 Å². The first kappa shape index (κ1) is 18.4. The van der Waals surface area contributed by atoms with Crippen LogP contribution in [0.3, 0.4) is 0 Å². The maximum Gasteiger partial charge on any atom is 0.250 e. The molecule has 0 unspecified atom stereocenters. The zero-order valence-corrected chi connectivity index (χ0v) is 17.4. The summed E-state index contributed by atoms with van der Waals surface area (Å²) < 4.78 is 2.12. The first-order valence-corrected chi connectivity index (χ1v) is 10.8. The Hall–Kier alpha value is -2.63.